The van der Waals surface area contributed by atoms with Gasteiger partial charge in [-0.15, -0.1) is 0 Å². The molecule has 40 heavy (non-hydrogen) atoms. The highest BCUT2D eigenvalue weighted by atomic mass is 16.3. The summed E-state index contributed by atoms with van der Waals surface area (Å²) in [7, 11) is 0. The number of aromatic nitrogens is 2. The minimum Gasteiger partial charge on any atom is -0.445 e. The van der Waals surface area contributed by atoms with E-state index in [-0.39, 0.29) is 0 Å². The van der Waals surface area contributed by atoms with E-state index in [2.05, 4.69) is 107 Å². The summed E-state index contributed by atoms with van der Waals surface area (Å²) in [6.45, 7) is 0. The van der Waals surface area contributed by atoms with Crippen molar-refractivity contribution in [1.29, 1.82) is 0 Å². The molecular weight excluding hydrogens is 492 g/mol. The van der Waals surface area contributed by atoms with E-state index < -0.39 is 0 Å². The van der Waals surface area contributed by atoms with Crippen LogP contribution in [-0.4, -0.2) is 9.97 Å². The molecule has 2 aromatic heterocycles. The Morgan fingerprint density at radius 3 is 1.60 bits per heavy atom. The Hall–Kier alpha value is -5.48. The summed E-state index contributed by atoms with van der Waals surface area (Å²) >= 11 is 0. The fourth-order valence-electron chi connectivity index (χ4n) is 5.91. The number of oxazole rings is 2. The molecule has 0 spiro atoms. The minimum atomic E-state index is 0.611. The normalized spacial score (nSPS) is 11.5. The molecule has 0 saturated carbocycles. The van der Waals surface area contributed by atoms with Crippen molar-refractivity contribution in [1.82, 2.24) is 9.97 Å². The van der Waals surface area contributed by atoms with Crippen molar-refractivity contribution in [2.45, 2.75) is 0 Å². The van der Waals surface area contributed by atoms with Crippen molar-refractivity contribution in [3.05, 3.63) is 134 Å². The lowest BCUT2D eigenvalue weighted by Gasteiger charge is -2.20. The molecular formula is C36H22N2O2. The van der Waals surface area contributed by atoms with Crippen LogP contribution in [0.15, 0.2) is 143 Å². The first kappa shape index (κ1) is 22.5. The Balaban J connectivity index is 1.52. The van der Waals surface area contributed by atoms with Crippen LogP contribution in [0.2, 0.25) is 0 Å². The molecule has 0 aliphatic rings. The highest BCUT2D eigenvalue weighted by molar-refractivity contribution is 6.28. The molecule has 6 aromatic carbocycles. The van der Waals surface area contributed by atoms with Crippen molar-refractivity contribution in [3.8, 4) is 45.2 Å². The van der Waals surface area contributed by atoms with E-state index in [9.17, 15) is 0 Å². The lowest BCUT2D eigenvalue weighted by molar-refractivity contribution is 0.574. The average molecular weight is 515 g/mol. The number of fused-ring (bicyclic) bond motifs is 4. The van der Waals surface area contributed by atoms with Gasteiger partial charge >= 0.3 is 0 Å². The van der Waals surface area contributed by atoms with Crippen molar-refractivity contribution < 1.29 is 8.83 Å². The zero-order chi connectivity index (χ0) is 26.5. The quantitative estimate of drug-likeness (QED) is 0.173. The second kappa shape index (κ2) is 9.07. The van der Waals surface area contributed by atoms with Crippen LogP contribution in [0.25, 0.3) is 77.5 Å². The van der Waals surface area contributed by atoms with Crippen LogP contribution in [-0.2, 0) is 0 Å². The highest BCUT2D eigenvalue weighted by Crippen LogP contribution is 2.46. The molecule has 4 heteroatoms. The molecule has 0 bridgehead atoms. The molecule has 0 unspecified atom stereocenters. The third kappa shape index (κ3) is 3.54. The Labute approximate surface area is 230 Å². The Morgan fingerprint density at radius 1 is 0.425 bits per heavy atom. The van der Waals surface area contributed by atoms with Gasteiger partial charge in [0.2, 0.25) is 11.8 Å². The Kier molecular flexibility index (Phi) is 5.10. The first-order valence-electron chi connectivity index (χ1n) is 13.2. The fourth-order valence-corrected chi connectivity index (χ4v) is 5.91. The van der Waals surface area contributed by atoms with E-state index in [1.54, 1.807) is 24.9 Å². The van der Waals surface area contributed by atoms with Crippen LogP contribution in [0.3, 0.4) is 0 Å². The Morgan fingerprint density at radius 2 is 0.975 bits per heavy atom. The van der Waals surface area contributed by atoms with E-state index in [0.717, 1.165) is 22.3 Å². The maximum atomic E-state index is 5.65. The number of hydrogen-bond acceptors (Lipinski definition) is 4. The van der Waals surface area contributed by atoms with Crippen LogP contribution < -0.4 is 0 Å². The molecule has 0 saturated heterocycles. The Bertz CT molecular complexity index is 2160. The summed E-state index contributed by atoms with van der Waals surface area (Å²) in [6.07, 6.45) is 6.59. The average Bonchev–Trinajstić information content (AvgIpc) is 3.75. The molecule has 0 amide bonds. The summed E-state index contributed by atoms with van der Waals surface area (Å²) in [5, 5.41) is 7.21. The van der Waals surface area contributed by atoms with Gasteiger partial charge in [0.05, 0.1) is 12.4 Å². The maximum Gasteiger partial charge on any atom is 0.225 e. The van der Waals surface area contributed by atoms with Gasteiger partial charge in [-0.25, -0.2) is 9.97 Å². The van der Waals surface area contributed by atoms with E-state index in [1.165, 1.54) is 43.4 Å². The molecule has 188 valence electrons. The van der Waals surface area contributed by atoms with Gasteiger partial charge in [0.15, 0.2) is 0 Å². The molecule has 0 fully saturated rings. The summed E-state index contributed by atoms with van der Waals surface area (Å²) in [5.74, 6) is 1.22. The van der Waals surface area contributed by atoms with E-state index >= 15 is 0 Å². The van der Waals surface area contributed by atoms with Crippen molar-refractivity contribution in [2.24, 2.45) is 0 Å². The van der Waals surface area contributed by atoms with E-state index in [0.29, 0.717) is 11.8 Å². The molecule has 0 atom stereocenters. The molecule has 8 aromatic rings. The van der Waals surface area contributed by atoms with Gasteiger partial charge in [0.25, 0.3) is 0 Å². The molecule has 0 aliphatic carbocycles. The third-order valence-corrected chi connectivity index (χ3v) is 7.58. The first-order valence-corrected chi connectivity index (χ1v) is 13.2. The largest absolute Gasteiger partial charge is 0.445 e. The second-order valence-electron chi connectivity index (χ2n) is 9.84. The van der Waals surface area contributed by atoms with Gasteiger partial charge in [-0.05, 0) is 78.8 Å². The summed E-state index contributed by atoms with van der Waals surface area (Å²) < 4.78 is 11.3. The lowest BCUT2D eigenvalue weighted by Crippen LogP contribution is -1.93. The van der Waals surface area contributed by atoms with Crippen LogP contribution in [0.4, 0.5) is 0 Å². The van der Waals surface area contributed by atoms with Crippen LogP contribution in [0, 0.1) is 0 Å². The van der Waals surface area contributed by atoms with Crippen molar-refractivity contribution in [3.63, 3.8) is 0 Å². The molecule has 2 heterocycles. The lowest BCUT2D eigenvalue weighted by atomic mass is 9.83. The standard InChI is InChI=1S/C36H22N2O2/c1-2-12-28-23(7-1)15-16-31-32(24-8-5-10-26(21-24)35-37-17-19-39-35)29-13-3-4-14-30(29)33(34(28)31)25-9-6-11-27(22-25)36-38-18-20-40-36/h1-22H. The first-order chi connectivity index (χ1) is 19.8. The topological polar surface area (TPSA) is 52.1 Å². The molecule has 0 radical (unpaired) electrons. The zero-order valence-corrected chi connectivity index (χ0v) is 21.4. The summed E-state index contributed by atoms with van der Waals surface area (Å²) in [4.78, 5) is 8.79. The predicted molar refractivity (Wildman–Crippen MR) is 161 cm³/mol. The van der Waals surface area contributed by atoms with Gasteiger partial charge in [-0.2, -0.15) is 0 Å². The van der Waals surface area contributed by atoms with Gasteiger partial charge in [-0.1, -0.05) is 84.9 Å². The minimum absolute atomic E-state index is 0.611. The van der Waals surface area contributed by atoms with Gasteiger partial charge in [-0.3, -0.25) is 0 Å². The number of benzene rings is 6. The molecule has 8 rings (SSSR count). The highest BCUT2D eigenvalue weighted by Gasteiger charge is 2.19. The second-order valence-corrected chi connectivity index (χ2v) is 9.84. The number of rotatable bonds is 4. The number of hydrogen-bond donors (Lipinski definition) is 0. The van der Waals surface area contributed by atoms with Gasteiger partial charge < -0.3 is 8.83 Å². The third-order valence-electron chi connectivity index (χ3n) is 7.58. The fraction of sp³-hybridized carbons (Fsp3) is 0. The van der Waals surface area contributed by atoms with Crippen LogP contribution >= 0.6 is 0 Å². The monoisotopic (exact) mass is 514 g/mol. The predicted octanol–water partition coefficient (Wildman–Crippen LogP) is 9.79. The molecule has 0 N–H and O–H groups in total. The molecule has 0 aliphatic heterocycles. The van der Waals surface area contributed by atoms with Crippen molar-refractivity contribution in [2.75, 3.05) is 0 Å². The number of nitrogens with zero attached hydrogens (tertiary/aromatic N) is 2. The van der Waals surface area contributed by atoms with Crippen molar-refractivity contribution >= 4 is 32.3 Å². The van der Waals surface area contributed by atoms with Gasteiger partial charge in [0.1, 0.15) is 12.5 Å². The zero-order valence-electron chi connectivity index (χ0n) is 21.4. The molecule has 4 nitrogen and oxygen atoms in total. The summed E-state index contributed by atoms with van der Waals surface area (Å²) in [6, 6.07) is 38.7. The van der Waals surface area contributed by atoms with Gasteiger partial charge in [0, 0.05) is 11.1 Å². The SMILES string of the molecule is c1cc(-c2ncco2)cc(-c2c3ccccc3c(-c3cccc(-c4ncco4)c3)c3c2ccc2ccccc23)c1. The smallest absolute Gasteiger partial charge is 0.225 e. The van der Waals surface area contributed by atoms with E-state index in [1.807, 2.05) is 12.1 Å². The van der Waals surface area contributed by atoms with Crippen LogP contribution in [0.5, 0.6) is 0 Å². The van der Waals surface area contributed by atoms with E-state index in [4.69, 9.17) is 8.83 Å². The summed E-state index contributed by atoms with van der Waals surface area (Å²) in [5.41, 5.74) is 6.52. The van der Waals surface area contributed by atoms with Crippen LogP contribution in [0.1, 0.15) is 0 Å². The maximum absolute atomic E-state index is 5.65.